The van der Waals surface area contributed by atoms with E-state index in [1.807, 2.05) is 0 Å². The van der Waals surface area contributed by atoms with E-state index in [0.717, 1.165) is 34.6 Å². The van der Waals surface area contributed by atoms with Gasteiger partial charge in [-0.15, -0.1) is 0 Å². The van der Waals surface area contributed by atoms with Crippen molar-refractivity contribution in [1.29, 1.82) is 0 Å². The minimum Gasteiger partial charge on any atom is -0.550 e. The van der Waals surface area contributed by atoms with Crippen molar-refractivity contribution in [3.63, 3.8) is 0 Å². The first kappa shape index (κ1) is 63.3. The zero-order valence-corrected chi connectivity index (χ0v) is 24.0. The normalized spacial score (nSPS) is 5.00. The molecule has 0 rings (SSSR count). The third-order valence-corrected chi connectivity index (χ3v) is 0. The Kier molecular flexibility index (Phi) is 142. The summed E-state index contributed by atoms with van der Waals surface area (Å²) in [6, 6.07) is 0. The average Bonchev–Trinajstić information content (AvgIpc) is 1.94. The van der Waals surface area contributed by atoms with Gasteiger partial charge < -0.3 is 55.0 Å². The number of carbonyl (C=O) groups excluding carboxylic acids is 5. The van der Waals surface area contributed by atoms with Crippen LogP contribution in [0, 0.1) is 0 Å². The first-order valence-corrected chi connectivity index (χ1v) is 4.54. The number of rotatable bonds is 0. The van der Waals surface area contributed by atoms with Gasteiger partial charge in [-0.2, -0.15) is 0 Å². The van der Waals surface area contributed by atoms with Crippen LogP contribution in [0.1, 0.15) is 34.6 Å². The number of hydrogen-bond acceptors (Lipinski definition) is 10. The van der Waals surface area contributed by atoms with Crippen molar-refractivity contribution in [3.8, 4) is 0 Å². The third-order valence-electron chi connectivity index (χ3n) is 0. The standard InChI is InChI=1S/5C2H4O2.Ca.3Na.H2O/c5*1-2(3)4;;;;;/h5*1H3,(H,3,4);;;;;1H2/q;;;;;+2;3*+1;/p-5. The fourth-order valence-electron chi connectivity index (χ4n) is 0. The molecule has 0 fully saturated rings. The Bertz CT molecular complexity index is 225. The second kappa shape index (κ2) is 56.2. The Morgan fingerprint density at radius 3 is 0.440 bits per heavy atom. The van der Waals surface area contributed by atoms with Crippen LogP contribution >= 0.6 is 0 Å². The molecule has 15 heteroatoms. The molecule has 2 N–H and O–H groups in total. The maximum absolute atomic E-state index is 8.89. The smallest absolute Gasteiger partial charge is 0.550 e. The molecular formula is C10H17CaNa3O11. The SMILES string of the molecule is CC(=O)[O-].CC(=O)[O-].CC(=O)[O-].CC(=O)[O-].CC(=O)[O-].O.[Ca+2].[Na+].[Na+].[Na+]. The van der Waals surface area contributed by atoms with E-state index in [2.05, 4.69) is 0 Å². The first-order chi connectivity index (χ1) is 8.66. The molecule has 0 amide bonds. The number of hydrogen-bond donors (Lipinski definition) is 0. The number of aliphatic carboxylic acids is 5. The Morgan fingerprint density at radius 1 is 0.440 bits per heavy atom. The van der Waals surface area contributed by atoms with Gasteiger partial charge in [-0.1, -0.05) is 0 Å². The van der Waals surface area contributed by atoms with Gasteiger partial charge in [-0.25, -0.2) is 0 Å². The molecule has 0 aliphatic rings. The van der Waals surface area contributed by atoms with Gasteiger partial charge in [0.2, 0.25) is 0 Å². The average molecular weight is 422 g/mol. The fraction of sp³-hybridized carbons (Fsp3) is 0.500. The van der Waals surface area contributed by atoms with Crippen molar-refractivity contribution in [2.24, 2.45) is 0 Å². The topological polar surface area (TPSA) is 232 Å². The third kappa shape index (κ3) is 5760. The van der Waals surface area contributed by atoms with Crippen molar-refractivity contribution < 1.29 is 144 Å². The fourth-order valence-corrected chi connectivity index (χ4v) is 0. The minimum atomic E-state index is -1.08. The summed E-state index contributed by atoms with van der Waals surface area (Å²) >= 11 is 0. The molecule has 0 aliphatic carbocycles. The van der Waals surface area contributed by atoms with E-state index in [4.69, 9.17) is 49.5 Å². The molecule has 0 radical (unpaired) electrons. The van der Waals surface area contributed by atoms with Crippen LogP contribution in [0.3, 0.4) is 0 Å². The maximum atomic E-state index is 8.89. The van der Waals surface area contributed by atoms with Crippen LogP contribution in [0.5, 0.6) is 0 Å². The number of carboxylic acid groups (broad SMARTS) is 5. The van der Waals surface area contributed by atoms with E-state index in [1.165, 1.54) is 0 Å². The summed E-state index contributed by atoms with van der Waals surface area (Å²) in [4.78, 5) is 44.4. The molecule has 0 aliphatic heterocycles. The zero-order valence-electron chi connectivity index (χ0n) is 15.8. The molecule has 0 atom stereocenters. The molecule has 0 aromatic rings. The molecule has 0 heterocycles. The van der Waals surface area contributed by atoms with Crippen LogP contribution in [0.15, 0.2) is 0 Å². The second-order valence-electron chi connectivity index (χ2n) is 2.46. The van der Waals surface area contributed by atoms with E-state index in [0.29, 0.717) is 0 Å². The molecule has 128 valence electrons. The predicted octanol–water partition coefficient (Wildman–Crippen LogP) is -16.4. The Morgan fingerprint density at radius 2 is 0.440 bits per heavy atom. The van der Waals surface area contributed by atoms with Crippen LogP contribution in [0.25, 0.3) is 0 Å². The van der Waals surface area contributed by atoms with Crippen LogP contribution in [-0.4, -0.2) is 73.1 Å². The van der Waals surface area contributed by atoms with E-state index in [1.54, 1.807) is 0 Å². The van der Waals surface area contributed by atoms with Crippen molar-refractivity contribution in [3.05, 3.63) is 0 Å². The van der Waals surface area contributed by atoms with Crippen molar-refractivity contribution in [1.82, 2.24) is 0 Å². The molecule has 11 nitrogen and oxygen atoms in total. The maximum Gasteiger partial charge on any atom is 2.00 e. The van der Waals surface area contributed by atoms with Gasteiger partial charge in [0.1, 0.15) is 0 Å². The van der Waals surface area contributed by atoms with Gasteiger partial charge in [-0.05, 0) is 34.6 Å². The summed E-state index contributed by atoms with van der Waals surface area (Å²) in [5.41, 5.74) is 0. The van der Waals surface area contributed by atoms with Gasteiger partial charge in [0, 0.05) is 29.8 Å². The summed E-state index contributed by atoms with van der Waals surface area (Å²) in [5.74, 6) is -5.42. The summed E-state index contributed by atoms with van der Waals surface area (Å²) in [6.45, 7) is 4.86. The van der Waals surface area contributed by atoms with Crippen LogP contribution in [0.4, 0.5) is 0 Å². The van der Waals surface area contributed by atoms with Crippen LogP contribution in [-0.2, 0) is 24.0 Å². The van der Waals surface area contributed by atoms with Gasteiger partial charge in [0.05, 0.1) is 0 Å². The van der Waals surface area contributed by atoms with Gasteiger partial charge in [0.15, 0.2) is 0 Å². The van der Waals surface area contributed by atoms with E-state index < -0.39 is 29.8 Å². The van der Waals surface area contributed by atoms with Crippen LogP contribution in [0.2, 0.25) is 0 Å². The quantitative estimate of drug-likeness (QED) is 0.334. The molecule has 0 bridgehead atoms. The summed E-state index contributed by atoms with van der Waals surface area (Å²) in [6.07, 6.45) is 0. The van der Waals surface area contributed by atoms with Gasteiger partial charge >= 0.3 is 126 Å². The summed E-state index contributed by atoms with van der Waals surface area (Å²) in [7, 11) is 0. The summed E-state index contributed by atoms with van der Waals surface area (Å²) in [5, 5.41) is 44.4. The zero-order chi connectivity index (χ0) is 17.9. The van der Waals surface area contributed by atoms with Gasteiger partial charge in [-0.3, -0.25) is 0 Å². The van der Waals surface area contributed by atoms with Crippen molar-refractivity contribution in [2.75, 3.05) is 0 Å². The summed E-state index contributed by atoms with van der Waals surface area (Å²) < 4.78 is 0. The molecule has 0 saturated heterocycles. The van der Waals surface area contributed by atoms with E-state index in [9.17, 15) is 0 Å². The van der Waals surface area contributed by atoms with E-state index in [-0.39, 0.29) is 132 Å². The van der Waals surface area contributed by atoms with Crippen molar-refractivity contribution in [2.45, 2.75) is 34.6 Å². The number of carbonyl (C=O) groups is 5. The molecular weight excluding hydrogens is 405 g/mol. The van der Waals surface area contributed by atoms with Crippen molar-refractivity contribution >= 4 is 67.6 Å². The Balaban J connectivity index is -0.0000000134. The second-order valence-corrected chi connectivity index (χ2v) is 2.46. The van der Waals surface area contributed by atoms with Gasteiger partial charge in [0.25, 0.3) is 0 Å². The molecule has 0 saturated carbocycles. The predicted molar refractivity (Wildman–Crippen MR) is 62.8 cm³/mol. The first-order valence-electron chi connectivity index (χ1n) is 4.54. The molecule has 25 heavy (non-hydrogen) atoms. The van der Waals surface area contributed by atoms with E-state index >= 15 is 0 Å². The largest absolute Gasteiger partial charge is 2.00 e. The Labute approximate surface area is 242 Å². The molecule has 0 aromatic heterocycles. The molecule has 0 unspecified atom stereocenters. The minimum absolute atomic E-state index is 0. The molecule has 0 aromatic carbocycles. The number of carboxylic acids is 5. The molecule has 0 spiro atoms. The Hall–Kier alpha value is 1.57. The van der Waals surface area contributed by atoms with Crippen LogP contribution < -0.4 is 114 Å². The monoisotopic (exact) mass is 422 g/mol.